The zero-order chi connectivity index (χ0) is 19.8. The van der Waals surface area contributed by atoms with Crippen molar-refractivity contribution in [2.75, 3.05) is 19.5 Å². The number of rotatable bonds is 7. The second kappa shape index (κ2) is 7.99. The van der Waals surface area contributed by atoms with Gasteiger partial charge >= 0.3 is 13.5 Å². The van der Waals surface area contributed by atoms with E-state index in [9.17, 15) is 14.4 Å². The lowest BCUT2D eigenvalue weighted by Crippen LogP contribution is -2.27. The maximum atomic E-state index is 12.1. The minimum absolute atomic E-state index is 0.205. The normalized spacial score (nSPS) is 25.7. The lowest BCUT2D eigenvalue weighted by Gasteiger charge is -2.21. The van der Waals surface area contributed by atoms with Crippen LogP contribution < -0.4 is 5.73 Å². The van der Waals surface area contributed by atoms with Crippen molar-refractivity contribution in [3.05, 3.63) is 12.7 Å². The topological polar surface area (TPSA) is 164 Å². The molecule has 1 saturated heterocycles. The van der Waals surface area contributed by atoms with E-state index < -0.39 is 32.0 Å². The second-order valence-electron chi connectivity index (χ2n) is 5.53. The van der Waals surface area contributed by atoms with Crippen molar-refractivity contribution in [1.29, 1.82) is 0 Å². The van der Waals surface area contributed by atoms with E-state index in [0.717, 1.165) is 0 Å². The summed E-state index contributed by atoms with van der Waals surface area (Å²) in [5, 5.41) is 0. The smallest absolute Gasteiger partial charge is 0.382 e. The van der Waals surface area contributed by atoms with E-state index in [4.69, 9.17) is 24.0 Å². The fraction of sp³-hybridized carbons (Fsp3) is 0.545. The highest BCUT2D eigenvalue weighted by molar-refractivity contribution is 8.44. The summed E-state index contributed by atoms with van der Waals surface area (Å²) in [4.78, 5) is 30.8. The molecule has 4 N–H and O–H groups in total. The molecule has 0 aliphatic carbocycles. The Hall–Kier alpha value is -0.660. The number of nitrogens with two attached hydrogens (primary N) is 1. The number of aromatic nitrogens is 4. The van der Waals surface area contributed by atoms with Crippen LogP contribution in [0.15, 0.2) is 12.7 Å². The largest absolute Gasteiger partial charge is 0.386 e. The Morgan fingerprint density at radius 3 is 2.89 bits per heavy atom. The van der Waals surface area contributed by atoms with Gasteiger partial charge in [0.1, 0.15) is 30.3 Å². The van der Waals surface area contributed by atoms with E-state index in [1.807, 2.05) is 0 Å². The molecule has 1 aliphatic heterocycles. The van der Waals surface area contributed by atoms with Crippen molar-refractivity contribution >= 4 is 54.6 Å². The average molecular weight is 457 g/mol. The number of imidazole rings is 1. The summed E-state index contributed by atoms with van der Waals surface area (Å²) in [6.07, 6.45) is 0.708. The summed E-state index contributed by atoms with van der Waals surface area (Å²) < 4.78 is 34.6. The third-order valence-electron chi connectivity index (χ3n) is 3.78. The molecule has 1 aliphatic rings. The Kier molecular flexibility index (Phi) is 6.23. The predicted molar refractivity (Wildman–Crippen MR) is 101 cm³/mol. The maximum absolute atomic E-state index is 12.1. The van der Waals surface area contributed by atoms with Crippen LogP contribution in [0.1, 0.15) is 12.6 Å². The molecule has 12 nitrogen and oxygen atoms in total. The summed E-state index contributed by atoms with van der Waals surface area (Å²) in [6, 6.07) is 0. The molecule has 1 unspecified atom stereocenters. The van der Waals surface area contributed by atoms with E-state index in [2.05, 4.69) is 39.0 Å². The molecule has 2 aromatic heterocycles. The predicted octanol–water partition coefficient (Wildman–Crippen LogP) is 0.991. The van der Waals surface area contributed by atoms with Crippen LogP contribution in [0.2, 0.25) is 0 Å². The van der Waals surface area contributed by atoms with Crippen molar-refractivity contribution in [2.24, 2.45) is 0 Å². The van der Waals surface area contributed by atoms with Crippen LogP contribution >= 0.6 is 25.8 Å². The molecule has 0 amide bonds. The number of hydrogen-bond acceptors (Lipinski definition) is 10. The zero-order valence-corrected chi connectivity index (χ0v) is 17.4. The molecule has 0 bridgehead atoms. The molecule has 3 rings (SSSR count). The first-order chi connectivity index (χ1) is 12.6. The van der Waals surface area contributed by atoms with Gasteiger partial charge in [-0.3, -0.25) is 9.09 Å². The fourth-order valence-corrected chi connectivity index (χ4v) is 4.13. The van der Waals surface area contributed by atoms with Gasteiger partial charge in [-0.25, -0.2) is 19.5 Å². The molecule has 0 aromatic carbocycles. The molecule has 0 spiro atoms. The summed E-state index contributed by atoms with van der Waals surface area (Å²) in [5.74, 6) is 0.213. The molecule has 3 heterocycles. The molecular formula is C11H17N5O7P2S2. The number of fused-ring (bicyclic) bond motifs is 1. The molecule has 2 aromatic rings. The van der Waals surface area contributed by atoms with Crippen LogP contribution in [-0.2, 0) is 34.7 Å². The molecule has 27 heavy (non-hydrogen) atoms. The van der Waals surface area contributed by atoms with Crippen LogP contribution in [0.5, 0.6) is 0 Å². The quantitative estimate of drug-likeness (QED) is 0.345. The Morgan fingerprint density at radius 2 is 2.22 bits per heavy atom. The molecule has 4 atom stereocenters. The van der Waals surface area contributed by atoms with Gasteiger partial charge in [-0.1, -0.05) is 12.2 Å². The first-order valence-corrected chi connectivity index (χ1v) is 12.8. The van der Waals surface area contributed by atoms with Gasteiger partial charge in [0, 0.05) is 13.5 Å². The third-order valence-corrected chi connectivity index (χ3v) is 6.36. The highest BCUT2D eigenvalue weighted by Gasteiger charge is 2.42. The van der Waals surface area contributed by atoms with Crippen molar-refractivity contribution in [3.63, 3.8) is 0 Å². The van der Waals surface area contributed by atoms with Gasteiger partial charge < -0.3 is 29.3 Å². The standard InChI is InChI=1S/C11H17N5O7P2S2/c1-20-25(19,27)23-6-2-8(22-7(6)3-21-24(17,18)26)16-5-15-9-10(12)13-4-14-11(9)16/h4-8H,2-3H2,1H3,(H,19,27)(H2,12,13,14)(H2,17,18,26)/t6-,7-,8-,25?/m1/s1. The Bertz CT molecular complexity index is 924. The van der Waals surface area contributed by atoms with Gasteiger partial charge in [0.25, 0.3) is 0 Å². The van der Waals surface area contributed by atoms with E-state index in [0.29, 0.717) is 11.2 Å². The van der Waals surface area contributed by atoms with Gasteiger partial charge in [-0.2, -0.15) is 0 Å². The number of thiol groups is 1. The van der Waals surface area contributed by atoms with Crippen LogP contribution in [0.25, 0.3) is 11.2 Å². The average Bonchev–Trinajstić information content (AvgIpc) is 3.16. The first-order valence-electron chi connectivity index (χ1n) is 7.45. The van der Waals surface area contributed by atoms with Crippen molar-refractivity contribution < 1.29 is 32.7 Å². The van der Waals surface area contributed by atoms with Crippen LogP contribution in [0, 0.1) is 0 Å². The lowest BCUT2D eigenvalue weighted by atomic mass is 10.2. The molecule has 16 heteroatoms. The fourth-order valence-electron chi connectivity index (χ4n) is 2.60. The second-order valence-corrected chi connectivity index (χ2v) is 11.2. The summed E-state index contributed by atoms with van der Waals surface area (Å²) >= 11 is 8.29. The van der Waals surface area contributed by atoms with E-state index in [1.54, 1.807) is 4.57 Å². The Morgan fingerprint density at radius 1 is 1.48 bits per heavy atom. The Labute approximate surface area is 164 Å². The molecule has 0 saturated carbocycles. The number of nitrogens with zero attached hydrogens (tertiary/aromatic N) is 4. The minimum Gasteiger partial charge on any atom is -0.382 e. The van der Waals surface area contributed by atoms with E-state index in [-0.39, 0.29) is 18.8 Å². The molecule has 150 valence electrons. The monoisotopic (exact) mass is 457 g/mol. The van der Waals surface area contributed by atoms with Gasteiger partial charge in [0.2, 0.25) is 0 Å². The third kappa shape index (κ3) is 5.04. The molecular weight excluding hydrogens is 440 g/mol. The van der Waals surface area contributed by atoms with Gasteiger partial charge in [0.15, 0.2) is 11.5 Å². The first kappa shape index (κ1) is 21.1. The Balaban J connectivity index is 1.85. The summed E-state index contributed by atoms with van der Waals surface area (Å²) in [5.41, 5.74) is 6.61. The van der Waals surface area contributed by atoms with E-state index in [1.165, 1.54) is 19.8 Å². The van der Waals surface area contributed by atoms with Crippen molar-refractivity contribution in [1.82, 2.24) is 19.5 Å². The highest BCUT2D eigenvalue weighted by atomic mass is 32.7. The number of anilines is 1. The maximum Gasteiger partial charge on any atom is 0.386 e. The van der Waals surface area contributed by atoms with Crippen LogP contribution in [-0.4, -0.2) is 55.2 Å². The van der Waals surface area contributed by atoms with Gasteiger partial charge in [0.05, 0.1) is 12.9 Å². The summed E-state index contributed by atoms with van der Waals surface area (Å²) in [6.45, 7) is -7.84. The van der Waals surface area contributed by atoms with Gasteiger partial charge in [-0.15, -0.1) is 0 Å². The molecule has 0 radical (unpaired) electrons. The SMILES string of the molecule is COP(=O)(S)O[C@@H]1C[C@H](n2cnc3c(N)ncnc32)O[C@@H]1COP(O)(O)=S. The van der Waals surface area contributed by atoms with Crippen molar-refractivity contribution in [2.45, 2.75) is 24.9 Å². The highest BCUT2D eigenvalue weighted by Crippen LogP contribution is 2.55. The lowest BCUT2D eigenvalue weighted by molar-refractivity contribution is -0.0368. The van der Waals surface area contributed by atoms with E-state index >= 15 is 0 Å². The van der Waals surface area contributed by atoms with Gasteiger partial charge in [-0.05, 0) is 11.8 Å². The summed E-state index contributed by atoms with van der Waals surface area (Å²) in [7, 11) is 1.19. The van der Waals surface area contributed by atoms with Crippen molar-refractivity contribution in [3.8, 4) is 0 Å². The molecule has 1 fully saturated rings. The number of nitrogen functional groups attached to an aromatic ring is 1. The number of ether oxygens (including phenoxy) is 1. The number of hydrogen-bond donors (Lipinski definition) is 4. The van der Waals surface area contributed by atoms with Crippen LogP contribution in [0.4, 0.5) is 5.82 Å². The van der Waals surface area contributed by atoms with Crippen LogP contribution in [0.3, 0.4) is 0 Å². The zero-order valence-electron chi connectivity index (χ0n) is 13.9. The minimum atomic E-state index is -3.91.